The number of benzene rings is 2. The first-order chi connectivity index (χ1) is 13.8. The fourth-order valence-corrected chi connectivity index (χ4v) is 4.67. The molecule has 0 radical (unpaired) electrons. The largest absolute Gasteiger partial charge is 0.326 e. The molecule has 0 aliphatic carbocycles. The number of aryl methyl sites for hydroxylation is 2. The number of rotatable bonds is 5. The van der Waals surface area contributed by atoms with Crippen molar-refractivity contribution in [3.8, 4) is 0 Å². The van der Waals surface area contributed by atoms with Crippen molar-refractivity contribution in [1.82, 2.24) is 4.90 Å². The maximum Gasteiger partial charge on any atom is 0.242 e. The molecule has 0 bridgehead atoms. The van der Waals surface area contributed by atoms with E-state index in [-0.39, 0.29) is 23.9 Å². The second-order valence-electron chi connectivity index (χ2n) is 6.81. The summed E-state index contributed by atoms with van der Waals surface area (Å²) < 4.78 is 14.7. The van der Waals surface area contributed by atoms with E-state index in [9.17, 15) is 14.0 Å². The van der Waals surface area contributed by atoms with Gasteiger partial charge in [0.25, 0.3) is 0 Å². The Morgan fingerprint density at radius 1 is 1.24 bits per heavy atom. The third-order valence-corrected chi connectivity index (χ3v) is 6.01. The van der Waals surface area contributed by atoms with Crippen LogP contribution in [0.2, 0.25) is 0 Å². The molecule has 1 heterocycles. The third kappa shape index (κ3) is 5.25. The molecule has 0 spiro atoms. The van der Waals surface area contributed by atoms with E-state index in [1.165, 1.54) is 22.7 Å². The summed E-state index contributed by atoms with van der Waals surface area (Å²) in [5.74, 6) is -0.913. The van der Waals surface area contributed by atoms with Crippen LogP contribution in [-0.4, -0.2) is 33.7 Å². The predicted octanol–water partition coefficient (Wildman–Crippen LogP) is 5.19. The van der Waals surface area contributed by atoms with Crippen LogP contribution in [0.1, 0.15) is 24.5 Å². The van der Waals surface area contributed by atoms with Crippen LogP contribution in [0, 0.1) is 19.7 Å². The first kappa shape index (κ1) is 21.5. The van der Waals surface area contributed by atoms with Gasteiger partial charge in [-0.1, -0.05) is 33.8 Å². The SMILES string of the molecule is CCN1C(=O)C(CC(=O)Nc2cc(C)cc(C)c2)SC1=Nc1ccc(Br)cc1F. The molecule has 1 N–H and O–H groups in total. The number of hydrogen-bond acceptors (Lipinski definition) is 4. The number of hydrogen-bond donors (Lipinski definition) is 1. The van der Waals surface area contributed by atoms with Crippen molar-refractivity contribution in [2.24, 2.45) is 4.99 Å². The van der Waals surface area contributed by atoms with Gasteiger partial charge in [0.15, 0.2) is 5.17 Å². The average molecular weight is 478 g/mol. The minimum atomic E-state index is -0.585. The number of anilines is 1. The fourth-order valence-electron chi connectivity index (χ4n) is 3.12. The summed E-state index contributed by atoms with van der Waals surface area (Å²) >= 11 is 4.41. The second-order valence-corrected chi connectivity index (χ2v) is 8.89. The molecule has 1 fully saturated rings. The van der Waals surface area contributed by atoms with Crippen molar-refractivity contribution in [3.63, 3.8) is 0 Å². The highest BCUT2D eigenvalue weighted by Crippen LogP contribution is 2.33. The van der Waals surface area contributed by atoms with Crippen molar-refractivity contribution >= 4 is 56.0 Å². The Labute approximate surface area is 181 Å². The number of carbonyl (C=O) groups is 2. The van der Waals surface area contributed by atoms with Gasteiger partial charge in [0.1, 0.15) is 16.8 Å². The lowest BCUT2D eigenvalue weighted by atomic mass is 10.1. The number of nitrogens with one attached hydrogen (secondary N) is 1. The summed E-state index contributed by atoms with van der Waals surface area (Å²) in [6.45, 7) is 6.14. The molecule has 0 saturated carbocycles. The monoisotopic (exact) mass is 477 g/mol. The Hall–Kier alpha value is -2.19. The number of nitrogens with zero attached hydrogens (tertiary/aromatic N) is 2. The van der Waals surface area contributed by atoms with E-state index in [2.05, 4.69) is 26.2 Å². The highest BCUT2D eigenvalue weighted by Gasteiger charge is 2.38. The number of carbonyl (C=O) groups excluding carboxylic acids is 2. The molecule has 2 aromatic carbocycles. The zero-order chi connectivity index (χ0) is 21.1. The van der Waals surface area contributed by atoms with E-state index in [1.54, 1.807) is 12.1 Å². The number of thioether (sulfide) groups is 1. The minimum absolute atomic E-state index is 0.0226. The Bertz CT molecular complexity index is 976. The van der Waals surface area contributed by atoms with Crippen LogP contribution in [0.15, 0.2) is 45.9 Å². The van der Waals surface area contributed by atoms with Crippen molar-refractivity contribution in [2.75, 3.05) is 11.9 Å². The lowest BCUT2D eigenvalue weighted by molar-refractivity contribution is -0.128. The molecular formula is C21H21BrFN3O2S. The molecule has 29 heavy (non-hydrogen) atoms. The van der Waals surface area contributed by atoms with E-state index >= 15 is 0 Å². The molecule has 5 nitrogen and oxygen atoms in total. The lowest BCUT2D eigenvalue weighted by Crippen LogP contribution is -2.33. The van der Waals surface area contributed by atoms with Crippen LogP contribution in [0.25, 0.3) is 0 Å². The molecule has 152 valence electrons. The van der Waals surface area contributed by atoms with Crippen LogP contribution in [-0.2, 0) is 9.59 Å². The number of amides is 2. The molecule has 0 aromatic heterocycles. The fraction of sp³-hybridized carbons (Fsp3) is 0.286. The van der Waals surface area contributed by atoms with Crippen LogP contribution in [0.5, 0.6) is 0 Å². The maximum absolute atomic E-state index is 14.1. The Balaban J connectivity index is 1.74. The van der Waals surface area contributed by atoms with Gasteiger partial charge in [-0.3, -0.25) is 14.5 Å². The number of amidine groups is 1. The van der Waals surface area contributed by atoms with Crippen LogP contribution in [0.3, 0.4) is 0 Å². The third-order valence-electron chi connectivity index (χ3n) is 4.34. The molecule has 1 saturated heterocycles. The molecule has 8 heteroatoms. The second kappa shape index (κ2) is 9.09. The standard InChI is InChI=1S/C21H21BrFN3O2S/c1-4-26-20(28)18(11-19(27)24-15-8-12(2)7-13(3)9-15)29-21(26)25-17-6-5-14(22)10-16(17)23/h5-10,18H,4,11H2,1-3H3,(H,24,27). The highest BCUT2D eigenvalue weighted by atomic mass is 79.9. The van der Waals surface area contributed by atoms with Crippen LogP contribution in [0.4, 0.5) is 15.8 Å². The van der Waals surface area contributed by atoms with E-state index < -0.39 is 11.1 Å². The highest BCUT2D eigenvalue weighted by molar-refractivity contribution is 9.10. The zero-order valence-corrected chi connectivity index (χ0v) is 18.7. The van der Waals surface area contributed by atoms with Crippen molar-refractivity contribution in [3.05, 3.63) is 57.8 Å². The van der Waals surface area contributed by atoms with Crippen LogP contribution >= 0.6 is 27.7 Å². The summed E-state index contributed by atoms with van der Waals surface area (Å²) in [6.07, 6.45) is 0.0226. The van der Waals surface area contributed by atoms with Gasteiger partial charge >= 0.3 is 0 Å². The first-order valence-corrected chi connectivity index (χ1v) is 10.8. The van der Waals surface area contributed by atoms with E-state index in [0.29, 0.717) is 21.9 Å². The molecule has 3 rings (SSSR count). The molecule has 2 aromatic rings. The Kier molecular flexibility index (Phi) is 6.74. The van der Waals surface area contributed by atoms with Gasteiger partial charge in [-0.05, 0) is 62.2 Å². The van der Waals surface area contributed by atoms with Gasteiger partial charge in [-0.15, -0.1) is 0 Å². The maximum atomic E-state index is 14.1. The summed E-state index contributed by atoms with van der Waals surface area (Å²) in [7, 11) is 0. The van der Waals surface area contributed by atoms with Gasteiger partial charge < -0.3 is 5.32 Å². The predicted molar refractivity (Wildman–Crippen MR) is 119 cm³/mol. The van der Waals surface area contributed by atoms with Crippen molar-refractivity contribution in [2.45, 2.75) is 32.4 Å². The summed E-state index contributed by atoms with van der Waals surface area (Å²) in [5, 5.41) is 2.68. The first-order valence-electron chi connectivity index (χ1n) is 9.16. The number of aliphatic imine (C=N–C) groups is 1. The topological polar surface area (TPSA) is 61.8 Å². The molecule has 2 amide bonds. The zero-order valence-electron chi connectivity index (χ0n) is 16.3. The Morgan fingerprint density at radius 2 is 1.93 bits per heavy atom. The minimum Gasteiger partial charge on any atom is -0.326 e. The van der Waals surface area contributed by atoms with E-state index in [1.807, 2.05) is 39.0 Å². The molecular weight excluding hydrogens is 457 g/mol. The number of halogens is 2. The van der Waals surface area contributed by atoms with Crippen molar-refractivity contribution in [1.29, 1.82) is 0 Å². The summed E-state index contributed by atoms with van der Waals surface area (Å²) in [4.78, 5) is 31.0. The molecule has 1 unspecified atom stereocenters. The molecule has 1 aliphatic heterocycles. The quantitative estimate of drug-likeness (QED) is 0.644. The van der Waals surface area contributed by atoms with Gasteiger partial charge in [-0.2, -0.15) is 0 Å². The average Bonchev–Trinajstić information content (AvgIpc) is 2.91. The van der Waals surface area contributed by atoms with Gasteiger partial charge in [0.05, 0.1) is 0 Å². The van der Waals surface area contributed by atoms with Crippen molar-refractivity contribution < 1.29 is 14.0 Å². The molecule has 1 atom stereocenters. The van der Waals surface area contributed by atoms with E-state index in [0.717, 1.165) is 11.1 Å². The van der Waals surface area contributed by atoms with Gasteiger partial charge in [0.2, 0.25) is 11.8 Å². The normalized spacial score (nSPS) is 17.8. The Morgan fingerprint density at radius 3 is 2.55 bits per heavy atom. The molecule has 1 aliphatic rings. The van der Waals surface area contributed by atoms with Gasteiger partial charge in [0, 0.05) is 23.1 Å². The van der Waals surface area contributed by atoms with Gasteiger partial charge in [-0.25, -0.2) is 9.38 Å². The lowest BCUT2D eigenvalue weighted by Gasteiger charge is -2.13. The smallest absolute Gasteiger partial charge is 0.242 e. The summed E-state index contributed by atoms with van der Waals surface area (Å²) in [6, 6.07) is 10.4. The summed E-state index contributed by atoms with van der Waals surface area (Å²) in [5.41, 5.74) is 2.97. The van der Waals surface area contributed by atoms with Crippen LogP contribution < -0.4 is 5.32 Å². The van der Waals surface area contributed by atoms with E-state index in [4.69, 9.17) is 0 Å².